The fourth-order valence-corrected chi connectivity index (χ4v) is 5.71. The number of hydrogen-bond donors (Lipinski definition) is 0. The minimum atomic E-state index is 0.180. The molecule has 0 unspecified atom stereocenters. The van der Waals surface area contributed by atoms with E-state index in [2.05, 4.69) is 59.0 Å². The van der Waals surface area contributed by atoms with E-state index in [9.17, 15) is 4.79 Å². The third kappa shape index (κ3) is 6.35. The van der Waals surface area contributed by atoms with Crippen LogP contribution in [0, 0.1) is 17.8 Å². The van der Waals surface area contributed by atoms with Crippen LogP contribution < -0.4 is 0 Å². The Morgan fingerprint density at radius 3 is 2.21 bits per heavy atom. The predicted octanol–water partition coefficient (Wildman–Crippen LogP) is 6.42. The molecule has 1 aliphatic carbocycles. The first kappa shape index (κ1) is 24.2. The van der Waals surface area contributed by atoms with Crippen molar-refractivity contribution < 1.29 is 4.79 Å². The molecule has 1 saturated carbocycles. The lowest BCUT2D eigenvalue weighted by Gasteiger charge is -2.32. The molecule has 0 bridgehead atoms. The highest BCUT2D eigenvalue weighted by Gasteiger charge is 2.28. The van der Waals surface area contributed by atoms with Crippen LogP contribution in [0.1, 0.15) is 94.7 Å². The Balaban J connectivity index is 1.21. The van der Waals surface area contributed by atoms with Crippen molar-refractivity contribution in [1.82, 2.24) is 14.7 Å². The van der Waals surface area contributed by atoms with Gasteiger partial charge in [0.2, 0.25) is 0 Å². The van der Waals surface area contributed by atoms with Crippen LogP contribution in [0.3, 0.4) is 0 Å². The van der Waals surface area contributed by atoms with E-state index in [-0.39, 0.29) is 5.92 Å². The molecule has 4 nitrogen and oxygen atoms in total. The number of hydrogen-bond acceptors (Lipinski definition) is 3. The molecule has 0 radical (unpaired) electrons. The van der Waals surface area contributed by atoms with Gasteiger partial charge in [-0.25, -0.2) is 0 Å². The Bertz CT molecular complexity index is 882. The molecule has 1 aliphatic heterocycles. The first-order valence-electron chi connectivity index (χ1n) is 13.3. The van der Waals surface area contributed by atoms with Gasteiger partial charge in [-0.1, -0.05) is 52.0 Å². The second-order valence-electron chi connectivity index (χ2n) is 11.2. The molecule has 2 aliphatic rings. The zero-order valence-electron chi connectivity index (χ0n) is 21.2. The van der Waals surface area contributed by atoms with Crippen LogP contribution in [0.25, 0.3) is 0 Å². The summed E-state index contributed by atoms with van der Waals surface area (Å²) in [5.74, 6) is 2.87. The van der Waals surface area contributed by atoms with E-state index in [1.54, 1.807) is 0 Å². The lowest BCUT2D eigenvalue weighted by Crippen LogP contribution is -2.34. The van der Waals surface area contributed by atoms with Crippen LogP contribution in [0.5, 0.6) is 0 Å². The van der Waals surface area contributed by atoms with Crippen LogP contribution in [0.15, 0.2) is 36.7 Å². The summed E-state index contributed by atoms with van der Waals surface area (Å²) in [6, 6.07) is 9.37. The standard InChI is InChI=1S/C29H43N3O/c1-21(2)28-17-30-32(20-28)19-24-13-15-31(16-14-24)18-23-5-7-25(8-6-23)26-9-11-27(12-10-26)29(33)22(3)4/h5-8,17,20-22,24,26-27H,9-16,18-19H2,1-4H3/t26-,27-. The van der Waals surface area contributed by atoms with Crippen molar-refractivity contribution in [2.45, 2.75) is 91.1 Å². The largest absolute Gasteiger partial charge is 0.299 e. The summed E-state index contributed by atoms with van der Waals surface area (Å²) in [5.41, 5.74) is 4.23. The zero-order valence-corrected chi connectivity index (χ0v) is 21.2. The number of benzene rings is 1. The second-order valence-corrected chi connectivity index (χ2v) is 11.2. The summed E-state index contributed by atoms with van der Waals surface area (Å²) < 4.78 is 2.15. The molecule has 33 heavy (non-hydrogen) atoms. The summed E-state index contributed by atoms with van der Waals surface area (Å²) in [7, 11) is 0. The van der Waals surface area contributed by atoms with Gasteiger partial charge in [0, 0.05) is 31.1 Å². The number of carbonyl (C=O) groups excluding carboxylic acids is 1. The van der Waals surface area contributed by atoms with Gasteiger partial charge in [0.25, 0.3) is 0 Å². The lowest BCUT2D eigenvalue weighted by molar-refractivity contribution is -0.126. The molecule has 4 heteroatoms. The Morgan fingerprint density at radius 1 is 0.970 bits per heavy atom. The number of piperidine rings is 1. The average Bonchev–Trinajstić information content (AvgIpc) is 3.29. The molecule has 2 heterocycles. The Morgan fingerprint density at radius 2 is 1.64 bits per heavy atom. The first-order valence-corrected chi connectivity index (χ1v) is 13.3. The molecule has 0 atom stereocenters. The Hall–Kier alpha value is -1.94. The van der Waals surface area contributed by atoms with Gasteiger partial charge in [0.15, 0.2) is 0 Å². The van der Waals surface area contributed by atoms with Crippen molar-refractivity contribution in [3.8, 4) is 0 Å². The topological polar surface area (TPSA) is 38.1 Å². The fourth-order valence-electron chi connectivity index (χ4n) is 5.71. The predicted molar refractivity (Wildman–Crippen MR) is 135 cm³/mol. The van der Waals surface area contributed by atoms with Gasteiger partial charge < -0.3 is 0 Å². The number of rotatable bonds is 8. The average molecular weight is 450 g/mol. The van der Waals surface area contributed by atoms with Crippen molar-refractivity contribution in [1.29, 1.82) is 0 Å². The van der Waals surface area contributed by atoms with E-state index in [1.807, 2.05) is 20.0 Å². The van der Waals surface area contributed by atoms with E-state index in [0.717, 1.165) is 44.7 Å². The number of ketones is 1. The monoisotopic (exact) mass is 449 g/mol. The highest BCUT2D eigenvalue weighted by Crippen LogP contribution is 2.37. The molecule has 1 aromatic heterocycles. The van der Waals surface area contributed by atoms with E-state index >= 15 is 0 Å². The van der Waals surface area contributed by atoms with E-state index in [4.69, 9.17) is 0 Å². The summed E-state index contributed by atoms with van der Waals surface area (Å²) in [6.45, 7) is 13.0. The minimum Gasteiger partial charge on any atom is -0.299 e. The lowest BCUT2D eigenvalue weighted by atomic mass is 9.75. The van der Waals surface area contributed by atoms with Gasteiger partial charge in [-0.3, -0.25) is 14.4 Å². The summed E-state index contributed by atoms with van der Waals surface area (Å²) in [6.07, 6.45) is 11.2. The molecule has 180 valence electrons. The van der Waals surface area contributed by atoms with Gasteiger partial charge in [0.05, 0.1) is 6.20 Å². The molecule has 2 aromatic rings. The Labute approximate surface area is 200 Å². The fraction of sp³-hybridized carbons (Fsp3) is 0.655. The number of aromatic nitrogens is 2. The highest BCUT2D eigenvalue weighted by molar-refractivity contribution is 5.82. The van der Waals surface area contributed by atoms with Gasteiger partial charge >= 0.3 is 0 Å². The maximum Gasteiger partial charge on any atom is 0.138 e. The molecule has 4 rings (SSSR count). The molecular weight excluding hydrogens is 406 g/mol. The van der Waals surface area contributed by atoms with Crippen molar-refractivity contribution in [3.05, 3.63) is 53.3 Å². The summed E-state index contributed by atoms with van der Waals surface area (Å²) in [4.78, 5) is 14.9. The normalized spacial score (nSPS) is 22.8. The molecule has 0 amide bonds. The number of Topliss-reactive ketones (excluding diaryl/α,β-unsaturated/α-hetero) is 1. The van der Waals surface area contributed by atoms with E-state index in [1.165, 1.54) is 42.6 Å². The summed E-state index contributed by atoms with van der Waals surface area (Å²) >= 11 is 0. The maximum atomic E-state index is 12.3. The molecule has 0 N–H and O–H groups in total. The van der Waals surface area contributed by atoms with E-state index < -0.39 is 0 Å². The smallest absolute Gasteiger partial charge is 0.138 e. The van der Waals surface area contributed by atoms with Crippen LogP contribution in [-0.4, -0.2) is 33.6 Å². The number of carbonyl (C=O) groups is 1. The van der Waals surface area contributed by atoms with Gasteiger partial charge in [-0.2, -0.15) is 5.10 Å². The maximum absolute atomic E-state index is 12.3. The molecule has 2 fully saturated rings. The van der Waals surface area contributed by atoms with Crippen LogP contribution in [0.4, 0.5) is 0 Å². The second kappa shape index (κ2) is 11.0. The third-order valence-electron chi connectivity index (χ3n) is 8.03. The zero-order chi connectivity index (χ0) is 23.4. The SMILES string of the molecule is CC(C)c1cnn(CC2CCN(Cc3ccc([C@H]4CC[C@H](C(=O)C(C)C)CC4)cc3)CC2)c1. The van der Waals surface area contributed by atoms with Crippen molar-refractivity contribution >= 4 is 5.78 Å². The summed E-state index contributed by atoms with van der Waals surface area (Å²) in [5, 5.41) is 4.57. The van der Waals surface area contributed by atoms with Crippen molar-refractivity contribution in [2.24, 2.45) is 17.8 Å². The van der Waals surface area contributed by atoms with Gasteiger partial charge in [-0.15, -0.1) is 0 Å². The molecule has 1 aromatic carbocycles. The molecular formula is C29H43N3O. The van der Waals surface area contributed by atoms with Crippen LogP contribution >= 0.6 is 0 Å². The third-order valence-corrected chi connectivity index (χ3v) is 8.03. The van der Waals surface area contributed by atoms with Crippen molar-refractivity contribution in [3.63, 3.8) is 0 Å². The van der Waals surface area contributed by atoms with Gasteiger partial charge in [-0.05, 0) is 86.1 Å². The minimum absolute atomic E-state index is 0.180. The van der Waals surface area contributed by atoms with Crippen LogP contribution in [0.2, 0.25) is 0 Å². The number of likely N-dealkylation sites (tertiary alicyclic amines) is 1. The first-order chi connectivity index (χ1) is 15.9. The quantitative estimate of drug-likeness (QED) is 0.467. The molecule has 1 saturated heterocycles. The van der Waals surface area contributed by atoms with Gasteiger partial charge in [0.1, 0.15) is 5.78 Å². The van der Waals surface area contributed by atoms with Crippen LogP contribution in [-0.2, 0) is 17.9 Å². The number of nitrogens with zero attached hydrogens (tertiary/aromatic N) is 3. The Kier molecular flexibility index (Phi) is 8.06. The van der Waals surface area contributed by atoms with Crippen molar-refractivity contribution in [2.75, 3.05) is 13.1 Å². The highest BCUT2D eigenvalue weighted by atomic mass is 16.1. The molecule has 0 spiro atoms. The van der Waals surface area contributed by atoms with E-state index in [0.29, 0.717) is 23.5 Å².